The monoisotopic (exact) mass is 260 g/mol. The summed E-state index contributed by atoms with van der Waals surface area (Å²) in [6.45, 7) is 3.52. The molecule has 2 saturated heterocycles. The van der Waals surface area contributed by atoms with Crippen LogP contribution in [0.3, 0.4) is 0 Å². The summed E-state index contributed by atoms with van der Waals surface area (Å²) in [6, 6.07) is 10.2. The van der Waals surface area contributed by atoms with Crippen molar-refractivity contribution in [1.29, 1.82) is 0 Å². The van der Waals surface area contributed by atoms with Crippen LogP contribution in [0.15, 0.2) is 30.3 Å². The molecule has 0 aromatic heterocycles. The molecule has 19 heavy (non-hydrogen) atoms. The second-order valence-electron chi connectivity index (χ2n) is 5.43. The standard InChI is InChI=1S/C15H20N2O2/c18-14-11-19-12-15(6-8-16-9-7-15)17(14)10-13-4-2-1-3-5-13/h1-5,16H,6-12H2. The van der Waals surface area contributed by atoms with Crippen molar-refractivity contribution in [3.63, 3.8) is 0 Å². The predicted octanol–water partition coefficient (Wildman–Crippen LogP) is 1.17. The third kappa shape index (κ3) is 2.51. The molecule has 4 nitrogen and oxygen atoms in total. The minimum Gasteiger partial charge on any atom is -0.369 e. The minimum atomic E-state index is -0.101. The summed E-state index contributed by atoms with van der Waals surface area (Å²) in [7, 11) is 0. The van der Waals surface area contributed by atoms with Gasteiger partial charge in [-0.05, 0) is 31.5 Å². The summed E-state index contributed by atoms with van der Waals surface area (Å²) in [5.74, 6) is 0.122. The number of carbonyl (C=O) groups excluding carboxylic acids is 1. The van der Waals surface area contributed by atoms with Gasteiger partial charge in [-0.2, -0.15) is 0 Å². The highest BCUT2D eigenvalue weighted by atomic mass is 16.5. The van der Waals surface area contributed by atoms with E-state index < -0.39 is 0 Å². The van der Waals surface area contributed by atoms with Gasteiger partial charge in [0.05, 0.1) is 12.1 Å². The molecule has 2 heterocycles. The normalized spacial score (nSPS) is 22.7. The Hall–Kier alpha value is -1.39. The molecule has 0 saturated carbocycles. The smallest absolute Gasteiger partial charge is 0.249 e. The van der Waals surface area contributed by atoms with E-state index in [9.17, 15) is 4.79 Å². The number of nitrogens with one attached hydrogen (secondary N) is 1. The fourth-order valence-corrected chi connectivity index (χ4v) is 3.08. The van der Waals surface area contributed by atoms with Crippen LogP contribution in [0.25, 0.3) is 0 Å². The van der Waals surface area contributed by atoms with Crippen LogP contribution in [0.4, 0.5) is 0 Å². The van der Waals surface area contributed by atoms with Gasteiger partial charge < -0.3 is 15.0 Å². The molecular formula is C15H20N2O2. The lowest BCUT2D eigenvalue weighted by Crippen LogP contribution is -2.62. The van der Waals surface area contributed by atoms with Gasteiger partial charge >= 0.3 is 0 Å². The van der Waals surface area contributed by atoms with Crippen molar-refractivity contribution in [1.82, 2.24) is 10.2 Å². The van der Waals surface area contributed by atoms with Gasteiger partial charge in [0.15, 0.2) is 0 Å². The first-order valence-corrected chi connectivity index (χ1v) is 6.93. The number of hydrogen-bond donors (Lipinski definition) is 1. The maximum atomic E-state index is 12.3. The summed E-state index contributed by atoms with van der Waals surface area (Å²) >= 11 is 0. The number of ether oxygens (including phenoxy) is 1. The van der Waals surface area contributed by atoms with Gasteiger partial charge in [-0.3, -0.25) is 4.79 Å². The third-order valence-electron chi connectivity index (χ3n) is 4.19. The second-order valence-corrected chi connectivity index (χ2v) is 5.43. The van der Waals surface area contributed by atoms with Crippen molar-refractivity contribution >= 4 is 5.91 Å². The van der Waals surface area contributed by atoms with E-state index in [-0.39, 0.29) is 18.1 Å². The Balaban J connectivity index is 1.83. The van der Waals surface area contributed by atoms with Crippen LogP contribution < -0.4 is 5.32 Å². The summed E-state index contributed by atoms with van der Waals surface area (Å²) < 4.78 is 5.52. The van der Waals surface area contributed by atoms with Gasteiger partial charge in [0.1, 0.15) is 6.61 Å². The molecule has 0 unspecified atom stereocenters. The van der Waals surface area contributed by atoms with Gasteiger partial charge in [0.25, 0.3) is 0 Å². The molecule has 1 spiro atoms. The number of carbonyl (C=O) groups is 1. The van der Waals surface area contributed by atoms with Gasteiger partial charge in [0.2, 0.25) is 5.91 Å². The van der Waals surface area contributed by atoms with Gasteiger partial charge in [-0.25, -0.2) is 0 Å². The number of nitrogens with zero attached hydrogens (tertiary/aromatic N) is 1. The lowest BCUT2D eigenvalue weighted by Gasteiger charge is -2.49. The van der Waals surface area contributed by atoms with E-state index in [4.69, 9.17) is 4.74 Å². The number of amides is 1. The summed E-state index contributed by atoms with van der Waals surface area (Å²) in [4.78, 5) is 14.3. The fourth-order valence-electron chi connectivity index (χ4n) is 3.08. The van der Waals surface area contributed by atoms with Crippen molar-refractivity contribution in [2.75, 3.05) is 26.3 Å². The van der Waals surface area contributed by atoms with E-state index in [0.717, 1.165) is 25.9 Å². The van der Waals surface area contributed by atoms with E-state index in [1.165, 1.54) is 5.56 Å². The van der Waals surface area contributed by atoms with Crippen molar-refractivity contribution in [2.24, 2.45) is 0 Å². The van der Waals surface area contributed by atoms with Crippen molar-refractivity contribution in [3.8, 4) is 0 Å². The molecule has 1 N–H and O–H groups in total. The van der Waals surface area contributed by atoms with Gasteiger partial charge in [0, 0.05) is 6.54 Å². The minimum absolute atomic E-state index is 0.101. The Morgan fingerprint density at radius 3 is 2.68 bits per heavy atom. The van der Waals surface area contributed by atoms with Crippen LogP contribution in [-0.4, -0.2) is 42.6 Å². The molecule has 2 aliphatic heterocycles. The maximum Gasteiger partial charge on any atom is 0.249 e. The number of rotatable bonds is 2. The highest BCUT2D eigenvalue weighted by molar-refractivity contribution is 5.79. The summed E-state index contributed by atoms with van der Waals surface area (Å²) in [6.07, 6.45) is 1.96. The quantitative estimate of drug-likeness (QED) is 0.868. The van der Waals surface area contributed by atoms with E-state index in [2.05, 4.69) is 17.4 Å². The van der Waals surface area contributed by atoms with Crippen LogP contribution in [0, 0.1) is 0 Å². The molecule has 2 aliphatic rings. The van der Waals surface area contributed by atoms with Crippen LogP contribution >= 0.6 is 0 Å². The van der Waals surface area contributed by atoms with Crippen molar-refractivity contribution in [3.05, 3.63) is 35.9 Å². The Bertz CT molecular complexity index is 435. The highest BCUT2D eigenvalue weighted by Gasteiger charge is 2.43. The lowest BCUT2D eigenvalue weighted by molar-refractivity contribution is -0.162. The predicted molar refractivity (Wildman–Crippen MR) is 72.6 cm³/mol. The molecule has 3 rings (SSSR count). The number of morpholine rings is 1. The van der Waals surface area contributed by atoms with Crippen LogP contribution in [0.2, 0.25) is 0 Å². The molecule has 0 aliphatic carbocycles. The van der Waals surface area contributed by atoms with E-state index in [1.807, 2.05) is 23.1 Å². The molecule has 0 radical (unpaired) electrons. The zero-order chi connectivity index (χ0) is 13.1. The molecule has 4 heteroatoms. The van der Waals surface area contributed by atoms with E-state index in [1.54, 1.807) is 0 Å². The van der Waals surface area contributed by atoms with Crippen molar-refractivity contribution < 1.29 is 9.53 Å². The summed E-state index contributed by atoms with van der Waals surface area (Å²) in [5, 5.41) is 3.36. The largest absolute Gasteiger partial charge is 0.369 e. The van der Waals surface area contributed by atoms with E-state index >= 15 is 0 Å². The topological polar surface area (TPSA) is 41.6 Å². The lowest BCUT2D eigenvalue weighted by atomic mass is 9.85. The number of hydrogen-bond acceptors (Lipinski definition) is 3. The second kappa shape index (κ2) is 5.31. The molecule has 1 amide bonds. The Morgan fingerprint density at radius 2 is 1.95 bits per heavy atom. The first-order valence-electron chi connectivity index (χ1n) is 6.93. The maximum absolute atomic E-state index is 12.3. The highest BCUT2D eigenvalue weighted by Crippen LogP contribution is 2.31. The third-order valence-corrected chi connectivity index (χ3v) is 4.19. The van der Waals surface area contributed by atoms with Crippen LogP contribution in [0.5, 0.6) is 0 Å². The Labute approximate surface area is 113 Å². The number of piperidine rings is 1. The van der Waals surface area contributed by atoms with Crippen LogP contribution in [0.1, 0.15) is 18.4 Å². The molecule has 1 aromatic carbocycles. The molecule has 0 bridgehead atoms. The van der Waals surface area contributed by atoms with Gasteiger partial charge in [-0.15, -0.1) is 0 Å². The first kappa shape index (κ1) is 12.6. The fraction of sp³-hybridized carbons (Fsp3) is 0.533. The Morgan fingerprint density at radius 1 is 1.21 bits per heavy atom. The van der Waals surface area contributed by atoms with E-state index in [0.29, 0.717) is 13.2 Å². The zero-order valence-electron chi connectivity index (χ0n) is 11.1. The molecular weight excluding hydrogens is 240 g/mol. The Kier molecular flexibility index (Phi) is 3.53. The van der Waals surface area contributed by atoms with Gasteiger partial charge in [-0.1, -0.05) is 30.3 Å². The SMILES string of the molecule is O=C1COCC2(CCNCC2)N1Cc1ccccc1. The average Bonchev–Trinajstić information content (AvgIpc) is 2.45. The molecule has 1 aromatic rings. The molecule has 2 fully saturated rings. The summed E-state index contributed by atoms with van der Waals surface area (Å²) in [5.41, 5.74) is 1.09. The number of benzene rings is 1. The molecule has 102 valence electrons. The van der Waals surface area contributed by atoms with Crippen LogP contribution in [-0.2, 0) is 16.1 Å². The van der Waals surface area contributed by atoms with Crippen molar-refractivity contribution in [2.45, 2.75) is 24.9 Å². The average molecular weight is 260 g/mol. The zero-order valence-corrected chi connectivity index (χ0v) is 11.1. The molecule has 0 atom stereocenters. The first-order chi connectivity index (χ1) is 9.30.